The quantitative estimate of drug-likeness (QED) is 0.657. The minimum Gasteiger partial charge on any atom is -0.333 e. The Morgan fingerprint density at radius 2 is 2.00 bits per heavy atom. The molecule has 0 unspecified atom stereocenters. The summed E-state index contributed by atoms with van der Waals surface area (Å²) in [5.41, 5.74) is -0.260. The molecule has 1 aromatic heterocycles. The number of nitrogens with one attached hydrogen (secondary N) is 2. The third kappa shape index (κ3) is 5.88. The Morgan fingerprint density at radius 1 is 1.35 bits per heavy atom. The van der Waals surface area contributed by atoms with E-state index in [4.69, 9.17) is 0 Å². The van der Waals surface area contributed by atoms with Crippen LogP contribution in [0.2, 0.25) is 0 Å². The summed E-state index contributed by atoms with van der Waals surface area (Å²) in [4.78, 5) is 11.6. The first-order chi connectivity index (χ1) is 7.76. The second-order valence-electron chi connectivity index (χ2n) is 4.87. The highest BCUT2D eigenvalue weighted by atomic mass is 32.2. The lowest BCUT2D eigenvalue weighted by Gasteiger charge is -2.19. The SMILES string of the molecule is CC(C)Sc1nnc(NC(=O)NC(C)(C)C)s1. The molecule has 0 saturated heterocycles. The van der Waals surface area contributed by atoms with Crippen molar-refractivity contribution in [3.05, 3.63) is 0 Å². The molecule has 1 rings (SSSR count). The second kappa shape index (κ2) is 5.68. The van der Waals surface area contributed by atoms with Gasteiger partial charge in [0.15, 0.2) is 4.34 Å². The lowest BCUT2D eigenvalue weighted by Crippen LogP contribution is -2.43. The number of hydrogen-bond donors (Lipinski definition) is 2. The van der Waals surface area contributed by atoms with Crippen molar-refractivity contribution in [2.75, 3.05) is 5.32 Å². The standard InChI is InChI=1S/C10H18N4OS2/c1-6(2)16-9-14-13-8(17-9)11-7(15)12-10(3,4)5/h6H,1-5H3,(H2,11,12,13,15). The third-order valence-electron chi connectivity index (χ3n) is 1.45. The van der Waals surface area contributed by atoms with E-state index in [1.165, 1.54) is 11.3 Å². The van der Waals surface area contributed by atoms with Gasteiger partial charge in [0, 0.05) is 10.8 Å². The molecule has 0 aromatic carbocycles. The van der Waals surface area contributed by atoms with Crippen LogP contribution in [0.25, 0.3) is 0 Å². The van der Waals surface area contributed by atoms with Crippen molar-refractivity contribution in [2.45, 2.75) is 49.7 Å². The molecule has 0 bridgehead atoms. The molecule has 0 fully saturated rings. The topological polar surface area (TPSA) is 66.9 Å². The number of carbonyl (C=O) groups is 1. The lowest BCUT2D eigenvalue weighted by molar-refractivity contribution is 0.244. The zero-order chi connectivity index (χ0) is 13.1. The second-order valence-corrected chi connectivity index (χ2v) is 7.67. The molecule has 0 saturated carbocycles. The van der Waals surface area contributed by atoms with Gasteiger partial charge in [0.05, 0.1) is 0 Å². The van der Waals surface area contributed by atoms with E-state index in [1.54, 1.807) is 11.8 Å². The molecule has 0 aliphatic carbocycles. The van der Waals surface area contributed by atoms with E-state index in [0.717, 1.165) is 4.34 Å². The average molecular weight is 274 g/mol. The number of anilines is 1. The summed E-state index contributed by atoms with van der Waals surface area (Å²) in [6.07, 6.45) is 0. The number of carbonyl (C=O) groups excluding carboxylic acids is 1. The molecule has 7 heteroatoms. The van der Waals surface area contributed by atoms with Gasteiger partial charge in [-0.1, -0.05) is 36.9 Å². The Bertz CT molecular complexity index is 384. The van der Waals surface area contributed by atoms with Gasteiger partial charge in [-0.15, -0.1) is 10.2 Å². The molecule has 0 radical (unpaired) electrons. The minimum atomic E-state index is -0.260. The lowest BCUT2D eigenvalue weighted by atomic mass is 10.1. The van der Waals surface area contributed by atoms with Crippen LogP contribution in [0.3, 0.4) is 0 Å². The Morgan fingerprint density at radius 3 is 2.53 bits per heavy atom. The molecule has 2 N–H and O–H groups in total. The number of amides is 2. The molecule has 0 aliphatic heterocycles. The van der Waals surface area contributed by atoms with Gasteiger partial charge in [-0.05, 0) is 20.8 Å². The monoisotopic (exact) mass is 274 g/mol. The molecule has 1 heterocycles. The van der Waals surface area contributed by atoms with Crippen LogP contribution in [0.1, 0.15) is 34.6 Å². The van der Waals surface area contributed by atoms with E-state index in [2.05, 4.69) is 34.7 Å². The Balaban J connectivity index is 2.52. The van der Waals surface area contributed by atoms with E-state index in [0.29, 0.717) is 10.4 Å². The Labute approximate surface area is 110 Å². The molecule has 0 atom stereocenters. The van der Waals surface area contributed by atoms with E-state index in [-0.39, 0.29) is 11.6 Å². The zero-order valence-electron chi connectivity index (χ0n) is 10.7. The molecular weight excluding hydrogens is 256 g/mol. The van der Waals surface area contributed by atoms with Crippen LogP contribution in [-0.2, 0) is 0 Å². The number of nitrogens with zero attached hydrogens (tertiary/aromatic N) is 2. The molecule has 5 nitrogen and oxygen atoms in total. The molecular formula is C10H18N4OS2. The molecule has 96 valence electrons. The Hall–Kier alpha value is -0.820. The maximum absolute atomic E-state index is 11.6. The van der Waals surface area contributed by atoms with Crippen molar-refractivity contribution in [2.24, 2.45) is 0 Å². The van der Waals surface area contributed by atoms with Gasteiger partial charge in [0.25, 0.3) is 0 Å². The van der Waals surface area contributed by atoms with Crippen molar-refractivity contribution < 1.29 is 4.79 Å². The minimum absolute atomic E-state index is 0.255. The number of rotatable bonds is 3. The van der Waals surface area contributed by atoms with Gasteiger partial charge in [0.1, 0.15) is 0 Å². The van der Waals surface area contributed by atoms with Crippen LogP contribution in [0.5, 0.6) is 0 Å². The predicted octanol–water partition coefficient (Wildman–Crippen LogP) is 2.96. The summed E-state index contributed by atoms with van der Waals surface area (Å²) in [6.45, 7) is 9.95. The highest BCUT2D eigenvalue weighted by Gasteiger charge is 2.15. The van der Waals surface area contributed by atoms with Crippen LogP contribution in [-0.4, -0.2) is 27.0 Å². The van der Waals surface area contributed by atoms with Crippen LogP contribution in [0.15, 0.2) is 4.34 Å². The number of thioether (sulfide) groups is 1. The normalized spacial score (nSPS) is 11.6. The number of urea groups is 1. The molecule has 0 aliphatic rings. The van der Waals surface area contributed by atoms with Gasteiger partial charge < -0.3 is 5.32 Å². The zero-order valence-corrected chi connectivity index (χ0v) is 12.3. The first-order valence-corrected chi connectivity index (χ1v) is 7.05. The third-order valence-corrected chi connectivity index (χ3v) is 3.38. The van der Waals surface area contributed by atoms with Crippen molar-refractivity contribution >= 4 is 34.3 Å². The smallest absolute Gasteiger partial charge is 0.321 e. The summed E-state index contributed by atoms with van der Waals surface area (Å²) in [7, 11) is 0. The summed E-state index contributed by atoms with van der Waals surface area (Å²) >= 11 is 3.02. The van der Waals surface area contributed by atoms with Gasteiger partial charge in [-0.2, -0.15) is 0 Å². The van der Waals surface area contributed by atoms with Crippen LogP contribution in [0.4, 0.5) is 9.93 Å². The first-order valence-electron chi connectivity index (χ1n) is 5.35. The van der Waals surface area contributed by atoms with Crippen LogP contribution >= 0.6 is 23.1 Å². The summed E-state index contributed by atoms with van der Waals surface area (Å²) in [5, 5.41) is 14.4. The largest absolute Gasteiger partial charge is 0.333 e. The van der Waals surface area contributed by atoms with Crippen molar-refractivity contribution in [3.8, 4) is 0 Å². The highest BCUT2D eigenvalue weighted by molar-refractivity contribution is 8.01. The number of hydrogen-bond acceptors (Lipinski definition) is 5. The van der Waals surface area contributed by atoms with Crippen molar-refractivity contribution in [1.29, 1.82) is 0 Å². The molecule has 2 amide bonds. The Kier molecular flexibility index (Phi) is 4.76. The molecule has 0 spiro atoms. The summed E-state index contributed by atoms with van der Waals surface area (Å²) in [5.74, 6) is 0. The van der Waals surface area contributed by atoms with Gasteiger partial charge in [0.2, 0.25) is 5.13 Å². The summed E-state index contributed by atoms with van der Waals surface area (Å²) < 4.78 is 0.867. The maximum atomic E-state index is 11.6. The number of aromatic nitrogens is 2. The summed E-state index contributed by atoms with van der Waals surface area (Å²) in [6, 6.07) is -0.255. The fourth-order valence-corrected chi connectivity index (χ4v) is 2.95. The first kappa shape index (κ1) is 14.2. The van der Waals surface area contributed by atoms with Crippen molar-refractivity contribution in [1.82, 2.24) is 15.5 Å². The molecule has 1 aromatic rings. The van der Waals surface area contributed by atoms with Gasteiger partial charge in [-0.3, -0.25) is 5.32 Å². The van der Waals surface area contributed by atoms with E-state index in [9.17, 15) is 4.79 Å². The van der Waals surface area contributed by atoms with Gasteiger partial charge in [-0.25, -0.2) is 4.79 Å². The highest BCUT2D eigenvalue weighted by Crippen LogP contribution is 2.28. The predicted molar refractivity (Wildman–Crippen MR) is 72.8 cm³/mol. The van der Waals surface area contributed by atoms with E-state index < -0.39 is 0 Å². The van der Waals surface area contributed by atoms with E-state index in [1.807, 2.05) is 20.8 Å². The average Bonchev–Trinajstić information content (AvgIpc) is 2.46. The molecule has 17 heavy (non-hydrogen) atoms. The van der Waals surface area contributed by atoms with Crippen LogP contribution in [0, 0.1) is 0 Å². The fraction of sp³-hybridized carbons (Fsp3) is 0.700. The van der Waals surface area contributed by atoms with Crippen molar-refractivity contribution in [3.63, 3.8) is 0 Å². The fourth-order valence-electron chi connectivity index (χ4n) is 0.979. The van der Waals surface area contributed by atoms with E-state index >= 15 is 0 Å². The van der Waals surface area contributed by atoms with Gasteiger partial charge >= 0.3 is 6.03 Å². The van der Waals surface area contributed by atoms with Crippen LogP contribution < -0.4 is 10.6 Å². The maximum Gasteiger partial charge on any atom is 0.321 e.